The van der Waals surface area contributed by atoms with Crippen LogP contribution < -0.4 is 9.64 Å². The molecule has 2 amide bonds. The zero-order valence-corrected chi connectivity index (χ0v) is 24.2. The molecule has 3 fully saturated rings. The van der Waals surface area contributed by atoms with E-state index in [-0.39, 0.29) is 23.1 Å². The van der Waals surface area contributed by atoms with Gasteiger partial charge < -0.3 is 9.84 Å². The number of imide groups is 1. The van der Waals surface area contributed by atoms with Crippen LogP contribution in [0.15, 0.2) is 53.4 Å². The van der Waals surface area contributed by atoms with Crippen molar-refractivity contribution in [3.63, 3.8) is 0 Å². The van der Waals surface area contributed by atoms with E-state index in [1.165, 1.54) is 4.90 Å². The van der Waals surface area contributed by atoms with Crippen LogP contribution in [0.5, 0.6) is 5.75 Å². The van der Waals surface area contributed by atoms with Gasteiger partial charge in [0.05, 0.1) is 30.7 Å². The highest BCUT2D eigenvalue weighted by atomic mass is 32.2. The number of fused-ring (bicyclic) bond motifs is 7. The SMILES string of the molecule is COc1ccc2c(c1)CC[C@@H]1C2=C([S@](=O)C[C@]23CC[C@H](C[C@H]2O)C3(C)C)C[C@@H]2C(=O)N(c3ccccc3)C(=O)[C@@H]21. The molecule has 1 aliphatic heterocycles. The number of nitrogens with zero attached hydrogens (tertiary/aromatic N) is 1. The Hall–Kier alpha value is -2.77. The summed E-state index contributed by atoms with van der Waals surface area (Å²) in [5.74, 6) is 0.151. The van der Waals surface area contributed by atoms with E-state index in [0.717, 1.165) is 59.5 Å². The molecule has 0 aromatic heterocycles. The van der Waals surface area contributed by atoms with E-state index in [1.54, 1.807) is 7.11 Å². The Kier molecular flexibility index (Phi) is 5.96. The molecule has 2 aromatic rings. The monoisotopic (exact) mass is 559 g/mol. The van der Waals surface area contributed by atoms with Gasteiger partial charge in [0.2, 0.25) is 11.8 Å². The predicted molar refractivity (Wildman–Crippen MR) is 155 cm³/mol. The Labute approximate surface area is 238 Å². The molecular weight excluding hydrogens is 522 g/mol. The minimum Gasteiger partial charge on any atom is -0.497 e. The second-order valence-corrected chi connectivity index (χ2v) is 14.5. The number of rotatable bonds is 5. The first kappa shape index (κ1) is 26.1. The number of ether oxygens (including phenoxy) is 1. The van der Waals surface area contributed by atoms with Gasteiger partial charge in [0.15, 0.2) is 0 Å². The summed E-state index contributed by atoms with van der Waals surface area (Å²) in [6.45, 7) is 4.46. The van der Waals surface area contributed by atoms with Crippen molar-refractivity contribution in [2.75, 3.05) is 17.8 Å². The molecule has 7 heteroatoms. The summed E-state index contributed by atoms with van der Waals surface area (Å²) in [7, 11) is 0.261. The summed E-state index contributed by atoms with van der Waals surface area (Å²) in [5, 5.41) is 11.2. The first-order chi connectivity index (χ1) is 19.2. The number of amides is 2. The lowest BCUT2D eigenvalue weighted by atomic mass is 9.66. The number of aliphatic hydroxyl groups excluding tert-OH is 1. The van der Waals surface area contributed by atoms with Gasteiger partial charge in [-0.1, -0.05) is 38.1 Å². The minimum absolute atomic E-state index is 0.0923. The van der Waals surface area contributed by atoms with E-state index in [1.807, 2.05) is 48.5 Å². The molecule has 0 radical (unpaired) electrons. The molecular formula is C33H37NO5S. The van der Waals surface area contributed by atoms with Gasteiger partial charge in [-0.05, 0) is 96.7 Å². The normalized spacial score (nSPS) is 34.5. The van der Waals surface area contributed by atoms with Crippen molar-refractivity contribution in [3.8, 4) is 5.75 Å². The summed E-state index contributed by atoms with van der Waals surface area (Å²) >= 11 is 0. The third-order valence-electron chi connectivity index (χ3n) is 11.4. The summed E-state index contributed by atoms with van der Waals surface area (Å²) in [6.07, 6.45) is 4.05. The molecule has 1 saturated heterocycles. The molecule has 2 saturated carbocycles. The fourth-order valence-electron chi connectivity index (χ4n) is 9.01. The van der Waals surface area contributed by atoms with Crippen LogP contribution in [0.4, 0.5) is 5.69 Å². The lowest BCUT2D eigenvalue weighted by molar-refractivity contribution is -0.122. The molecule has 7 rings (SSSR count). The molecule has 7 atom stereocenters. The average Bonchev–Trinajstić information content (AvgIpc) is 3.43. The number of hydrogen-bond donors (Lipinski definition) is 1. The third kappa shape index (κ3) is 3.46. The Bertz CT molecular complexity index is 1460. The Morgan fingerprint density at radius 3 is 2.50 bits per heavy atom. The zero-order chi connectivity index (χ0) is 28.0. The van der Waals surface area contributed by atoms with E-state index in [4.69, 9.17) is 4.74 Å². The van der Waals surface area contributed by atoms with Crippen molar-refractivity contribution in [3.05, 3.63) is 64.6 Å². The van der Waals surface area contributed by atoms with Crippen LogP contribution in [0, 0.1) is 34.5 Å². The van der Waals surface area contributed by atoms with Crippen LogP contribution >= 0.6 is 0 Å². The number of methoxy groups -OCH3 is 1. The lowest BCUT2D eigenvalue weighted by Crippen LogP contribution is -2.44. The summed E-state index contributed by atoms with van der Waals surface area (Å²) in [6, 6.07) is 15.2. The van der Waals surface area contributed by atoms with Gasteiger partial charge in [-0.3, -0.25) is 18.7 Å². The zero-order valence-electron chi connectivity index (χ0n) is 23.4. The number of aliphatic hydroxyl groups is 1. The van der Waals surface area contributed by atoms with Gasteiger partial charge in [0.25, 0.3) is 0 Å². The molecule has 0 spiro atoms. The van der Waals surface area contributed by atoms with Crippen molar-refractivity contribution in [2.45, 2.75) is 58.5 Å². The van der Waals surface area contributed by atoms with E-state index in [2.05, 4.69) is 13.8 Å². The maximum absolute atomic E-state index is 14.6. The lowest BCUT2D eigenvalue weighted by Gasteiger charge is -2.42. The van der Waals surface area contributed by atoms with Crippen LogP contribution in [-0.4, -0.2) is 40.1 Å². The van der Waals surface area contributed by atoms with E-state index in [9.17, 15) is 18.9 Å². The standard InChI is InChI=1S/C33H37NO5S/c1-32(2)20-13-14-33(32,27(35)16-20)18-40(38)26-17-25-29(31(37)34(30(25)36)21-7-5-4-6-8-21)24-11-9-19-15-22(39-3)10-12-23(19)28(24)26/h4-8,10,12,15,20,24-25,27,29,35H,9,11,13-14,16-18H2,1-3H3/t20-,24-,25+,27-,29-,33-,40-/m1/s1. The van der Waals surface area contributed by atoms with Gasteiger partial charge in [0, 0.05) is 26.9 Å². The number of carbonyl (C=O) groups is 2. The van der Waals surface area contributed by atoms with Crippen LogP contribution in [-0.2, 0) is 26.8 Å². The summed E-state index contributed by atoms with van der Waals surface area (Å²) in [4.78, 5) is 30.0. The molecule has 2 aromatic carbocycles. The Balaban J connectivity index is 1.34. The van der Waals surface area contributed by atoms with Gasteiger partial charge in [-0.2, -0.15) is 0 Å². The van der Waals surface area contributed by atoms with Crippen LogP contribution in [0.3, 0.4) is 0 Å². The molecule has 4 aliphatic carbocycles. The molecule has 1 heterocycles. The molecule has 40 heavy (non-hydrogen) atoms. The highest BCUT2D eigenvalue weighted by Crippen LogP contribution is 2.66. The van der Waals surface area contributed by atoms with Crippen LogP contribution in [0.2, 0.25) is 0 Å². The second kappa shape index (κ2) is 9.12. The van der Waals surface area contributed by atoms with E-state index < -0.39 is 34.2 Å². The first-order valence-electron chi connectivity index (χ1n) is 14.6. The number of benzene rings is 2. The molecule has 1 N–H and O–H groups in total. The smallest absolute Gasteiger partial charge is 0.238 e. The van der Waals surface area contributed by atoms with Crippen LogP contribution in [0.25, 0.3) is 5.57 Å². The number of hydrogen-bond acceptors (Lipinski definition) is 5. The number of allylic oxidation sites excluding steroid dienone is 2. The van der Waals surface area contributed by atoms with E-state index >= 15 is 0 Å². The molecule has 210 valence electrons. The Morgan fingerprint density at radius 2 is 1.82 bits per heavy atom. The fourth-order valence-corrected chi connectivity index (χ4v) is 11.2. The molecule has 5 aliphatic rings. The van der Waals surface area contributed by atoms with Crippen LogP contribution in [0.1, 0.15) is 57.1 Å². The molecule has 2 bridgehead atoms. The van der Waals surface area contributed by atoms with Crippen molar-refractivity contribution < 1.29 is 23.6 Å². The maximum Gasteiger partial charge on any atom is 0.238 e. The van der Waals surface area contributed by atoms with Crippen molar-refractivity contribution >= 4 is 33.9 Å². The quantitative estimate of drug-likeness (QED) is 0.515. The topological polar surface area (TPSA) is 83.9 Å². The maximum atomic E-state index is 14.6. The number of carbonyl (C=O) groups excluding carboxylic acids is 2. The minimum atomic E-state index is -1.39. The molecule has 0 unspecified atom stereocenters. The largest absolute Gasteiger partial charge is 0.497 e. The highest BCUT2D eigenvalue weighted by Gasteiger charge is 2.65. The molecule has 6 nitrogen and oxygen atoms in total. The number of aryl methyl sites for hydroxylation is 1. The third-order valence-corrected chi connectivity index (χ3v) is 13.1. The van der Waals surface area contributed by atoms with Crippen molar-refractivity contribution in [1.82, 2.24) is 0 Å². The second-order valence-electron chi connectivity index (χ2n) is 13.0. The van der Waals surface area contributed by atoms with Gasteiger partial charge in [-0.25, -0.2) is 0 Å². The fraction of sp³-hybridized carbons (Fsp3) is 0.515. The number of para-hydroxylation sites is 1. The summed E-state index contributed by atoms with van der Waals surface area (Å²) in [5.41, 5.74) is 3.27. The van der Waals surface area contributed by atoms with Crippen molar-refractivity contribution in [1.29, 1.82) is 0 Å². The number of anilines is 1. The van der Waals surface area contributed by atoms with Crippen molar-refractivity contribution in [2.24, 2.45) is 34.5 Å². The Morgan fingerprint density at radius 1 is 1.05 bits per heavy atom. The average molecular weight is 560 g/mol. The highest BCUT2D eigenvalue weighted by molar-refractivity contribution is 7.89. The van der Waals surface area contributed by atoms with Gasteiger partial charge >= 0.3 is 0 Å². The van der Waals surface area contributed by atoms with Gasteiger partial charge in [-0.15, -0.1) is 0 Å². The predicted octanol–water partition coefficient (Wildman–Crippen LogP) is 5.11. The summed E-state index contributed by atoms with van der Waals surface area (Å²) < 4.78 is 20.1. The van der Waals surface area contributed by atoms with Gasteiger partial charge in [0.1, 0.15) is 5.75 Å². The first-order valence-corrected chi connectivity index (χ1v) is 15.9. The van der Waals surface area contributed by atoms with E-state index in [0.29, 0.717) is 23.8 Å².